The molecule has 0 N–H and O–H groups in total. The molecule has 30 heavy (non-hydrogen) atoms. The number of hydrogen-bond donors (Lipinski definition) is 0. The number of halogens is 3. The average molecular weight is 440 g/mol. The molecular formula is C21H20ClF2NO5. The minimum Gasteiger partial charge on any atom is -0.496 e. The number of carbonyl (C=O) groups is 2. The van der Waals surface area contributed by atoms with Crippen molar-refractivity contribution in [2.24, 2.45) is 0 Å². The van der Waals surface area contributed by atoms with Crippen LogP contribution in [-0.2, 0) is 16.2 Å². The predicted molar refractivity (Wildman–Crippen MR) is 107 cm³/mol. The van der Waals surface area contributed by atoms with E-state index in [2.05, 4.69) is 4.94 Å². The Morgan fingerprint density at radius 2 is 1.77 bits per heavy atom. The first kappa shape index (κ1) is 23.2. The molecule has 0 atom stereocenters. The van der Waals surface area contributed by atoms with E-state index in [0.29, 0.717) is 11.3 Å². The Morgan fingerprint density at radius 1 is 1.10 bits per heavy atom. The molecule has 0 heterocycles. The monoisotopic (exact) mass is 439 g/mol. The summed E-state index contributed by atoms with van der Waals surface area (Å²) in [5, 5.41) is -0.0434. The summed E-state index contributed by atoms with van der Waals surface area (Å²) < 4.78 is 37.5. The minimum atomic E-state index is -1.45. The quantitative estimate of drug-likeness (QED) is 0.266. The summed E-state index contributed by atoms with van der Waals surface area (Å²) in [6.07, 6.45) is 1.17. The van der Waals surface area contributed by atoms with Gasteiger partial charge in [0.15, 0.2) is 0 Å². The van der Waals surface area contributed by atoms with E-state index in [4.69, 9.17) is 21.1 Å². The zero-order valence-electron chi connectivity index (χ0n) is 16.8. The van der Waals surface area contributed by atoms with E-state index < -0.39 is 23.1 Å². The van der Waals surface area contributed by atoms with E-state index in [1.54, 1.807) is 26.2 Å². The summed E-state index contributed by atoms with van der Waals surface area (Å²) in [4.78, 5) is 29.4. The number of rotatable bonds is 8. The lowest BCUT2D eigenvalue weighted by atomic mass is 9.96. The molecule has 0 amide bonds. The van der Waals surface area contributed by atoms with Gasteiger partial charge in [-0.05, 0) is 23.3 Å². The fourth-order valence-electron chi connectivity index (χ4n) is 2.82. The van der Waals surface area contributed by atoms with Gasteiger partial charge in [0.2, 0.25) is 5.78 Å². The maximum atomic E-state index is 14.4. The third kappa shape index (κ3) is 5.07. The second-order valence-corrected chi connectivity index (χ2v) is 6.86. The number of nitrogens with zero attached hydrogens (tertiary/aromatic N) is 1. The standard InChI is InChI=1S/C21H20ClF2NO5/c1-25(2)11-15(21(27)30-24)20(26)14-9-13(17(28-3)10-18(14)29-4)8-12-6-5-7-16(22)19(12)23/h5-7,9-11H,8H2,1-4H3/b15-11-. The minimum absolute atomic E-state index is 0.0418. The summed E-state index contributed by atoms with van der Waals surface area (Å²) in [5.74, 6) is -2.47. The van der Waals surface area contributed by atoms with Gasteiger partial charge in [-0.1, -0.05) is 23.7 Å². The lowest BCUT2D eigenvalue weighted by Crippen LogP contribution is -2.18. The highest BCUT2D eigenvalue weighted by Gasteiger charge is 2.27. The van der Waals surface area contributed by atoms with Crippen molar-refractivity contribution in [3.63, 3.8) is 0 Å². The molecule has 9 heteroatoms. The first-order valence-electron chi connectivity index (χ1n) is 8.67. The fourth-order valence-corrected chi connectivity index (χ4v) is 3.01. The molecule has 0 aliphatic heterocycles. The largest absolute Gasteiger partial charge is 0.496 e. The maximum Gasteiger partial charge on any atom is 0.384 e. The zero-order chi connectivity index (χ0) is 22.4. The van der Waals surface area contributed by atoms with Crippen LogP contribution in [0.3, 0.4) is 0 Å². The maximum absolute atomic E-state index is 14.4. The van der Waals surface area contributed by atoms with Crippen molar-refractivity contribution in [3.8, 4) is 11.5 Å². The molecule has 2 aromatic rings. The van der Waals surface area contributed by atoms with Crippen LogP contribution in [0.25, 0.3) is 0 Å². The van der Waals surface area contributed by atoms with Crippen molar-refractivity contribution in [2.45, 2.75) is 6.42 Å². The number of ether oxygens (including phenoxy) is 2. The summed E-state index contributed by atoms with van der Waals surface area (Å²) in [6, 6.07) is 7.39. The number of ketones is 1. The van der Waals surface area contributed by atoms with Crippen LogP contribution in [0.1, 0.15) is 21.5 Å². The summed E-state index contributed by atoms with van der Waals surface area (Å²) in [7, 11) is 5.84. The van der Waals surface area contributed by atoms with Gasteiger partial charge in [-0.15, -0.1) is 0 Å². The summed E-state index contributed by atoms with van der Waals surface area (Å²) >= 11 is 5.84. The molecule has 0 aliphatic carbocycles. The van der Waals surface area contributed by atoms with Crippen molar-refractivity contribution < 1.29 is 32.9 Å². The Hall–Kier alpha value is -3.13. The molecule has 0 spiro atoms. The number of hydrogen-bond acceptors (Lipinski definition) is 6. The number of methoxy groups -OCH3 is 2. The van der Waals surface area contributed by atoms with Gasteiger partial charge in [-0.25, -0.2) is 14.1 Å². The smallest absolute Gasteiger partial charge is 0.384 e. The number of Topliss-reactive ketones (excluding diaryl/α,β-unsaturated/α-hetero) is 1. The SMILES string of the molecule is COc1cc(OC)c(C(=O)/C(=C/N(C)C)C(=O)OF)cc1Cc1cccc(Cl)c1F. The van der Waals surface area contributed by atoms with Crippen molar-refractivity contribution in [1.82, 2.24) is 4.90 Å². The van der Waals surface area contributed by atoms with Gasteiger partial charge < -0.3 is 14.4 Å². The van der Waals surface area contributed by atoms with Crippen LogP contribution in [0.2, 0.25) is 5.02 Å². The number of benzene rings is 2. The number of carbonyl (C=O) groups excluding carboxylic acids is 2. The molecule has 0 bridgehead atoms. The van der Waals surface area contributed by atoms with Crippen molar-refractivity contribution in [2.75, 3.05) is 28.3 Å². The molecule has 0 aromatic heterocycles. The highest BCUT2D eigenvalue weighted by atomic mass is 35.5. The molecule has 0 radical (unpaired) electrons. The first-order valence-corrected chi connectivity index (χ1v) is 9.04. The van der Waals surface area contributed by atoms with E-state index in [-0.39, 0.29) is 28.3 Å². The highest BCUT2D eigenvalue weighted by Crippen LogP contribution is 2.33. The van der Waals surface area contributed by atoms with Crippen LogP contribution < -0.4 is 9.47 Å². The molecule has 6 nitrogen and oxygen atoms in total. The van der Waals surface area contributed by atoms with Crippen LogP contribution in [0, 0.1) is 5.82 Å². The summed E-state index contributed by atoms with van der Waals surface area (Å²) in [5.41, 5.74) is 0.109. The normalized spacial score (nSPS) is 11.1. The average Bonchev–Trinajstić information content (AvgIpc) is 2.73. The first-order chi connectivity index (χ1) is 14.2. The molecule has 0 saturated heterocycles. The lowest BCUT2D eigenvalue weighted by molar-refractivity contribution is -0.177. The topological polar surface area (TPSA) is 65.1 Å². The van der Waals surface area contributed by atoms with Gasteiger partial charge in [0.1, 0.15) is 22.9 Å². The van der Waals surface area contributed by atoms with E-state index >= 15 is 0 Å². The Kier molecular flexibility index (Phi) is 7.77. The molecule has 0 saturated carbocycles. The Morgan fingerprint density at radius 3 is 2.33 bits per heavy atom. The second-order valence-electron chi connectivity index (χ2n) is 6.45. The van der Waals surface area contributed by atoms with Crippen LogP contribution in [0.5, 0.6) is 11.5 Å². The highest BCUT2D eigenvalue weighted by molar-refractivity contribution is 6.30. The van der Waals surface area contributed by atoms with Gasteiger partial charge in [0.25, 0.3) is 0 Å². The van der Waals surface area contributed by atoms with Gasteiger partial charge >= 0.3 is 5.97 Å². The Balaban J connectivity index is 2.62. The third-order valence-corrected chi connectivity index (χ3v) is 4.47. The van der Waals surface area contributed by atoms with E-state index in [1.807, 2.05) is 0 Å². The second kappa shape index (κ2) is 10.1. The fraction of sp³-hybridized carbons (Fsp3) is 0.238. The molecule has 0 aliphatic rings. The van der Waals surface area contributed by atoms with Crippen molar-refractivity contribution >= 4 is 23.4 Å². The van der Waals surface area contributed by atoms with E-state index in [0.717, 1.165) is 6.20 Å². The van der Waals surface area contributed by atoms with Crippen LogP contribution in [0.15, 0.2) is 42.1 Å². The zero-order valence-corrected chi connectivity index (χ0v) is 17.5. The van der Waals surface area contributed by atoms with Gasteiger partial charge in [-0.3, -0.25) is 4.79 Å². The molecule has 160 valence electrons. The van der Waals surface area contributed by atoms with Gasteiger partial charge in [0, 0.05) is 37.3 Å². The Labute approximate surface area is 177 Å². The molecular weight excluding hydrogens is 420 g/mol. The van der Waals surface area contributed by atoms with Crippen LogP contribution >= 0.6 is 11.6 Å². The molecule has 2 rings (SSSR count). The van der Waals surface area contributed by atoms with E-state index in [9.17, 15) is 18.5 Å². The van der Waals surface area contributed by atoms with Crippen molar-refractivity contribution in [3.05, 3.63) is 69.6 Å². The summed E-state index contributed by atoms with van der Waals surface area (Å²) in [6.45, 7) is 0. The van der Waals surface area contributed by atoms with Crippen LogP contribution in [-0.4, -0.2) is 45.0 Å². The van der Waals surface area contributed by atoms with Crippen LogP contribution in [0.4, 0.5) is 8.92 Å². The van der Waals surface area contributed by atoms with Gasteiger partial charge in [0.05, 0.1) is 24.8 Å². The molecule has 2 aromatic carbocycles. The van der Waals surface area contributed by atoms with Crippen molar-refractivity contribution in [1.29, 1.82) is 0 Å². The van der Waals surface area contributed by atoms with Gasteiger partial charge in [-0.2, -0.15) is 0 Å². The lowest BCUT2D eigenvalue weighted by Gasteiger charge is -2.16. The van der Waals surface area contributed by atoms with E-state index in [1.165, 1.54) is 37.3 Å². The molecule has 0 fully saturated rings. The Bertz CT molecular complexity index is 992. The predicted octanol–water partition coefficient (Wildman–Crippen LogP) is 4.14. The third-order valence-electron chi connectivity index (χ3n) is 4.18. The molecule has 0 unspecified atom stereocenters.